The Morgan fingerprint density at radius 1 is 1.31 bits per heavy atom. The van der Waals surface area contributed by atoms with Gasteiger partial charge in [0.25, 0.3) is 5.56 Å². The fraction of sp³-hybridized carbons (Fsp3) is 0.250. The third-order valence-corrected chi connectivity index (χ3v) is 5.29. The van der Waals surface area contributed by atoms with Gasteiger partial charge in [-0.2, -0.15) is 0 Å². The zero-order chi connectivity index (χ0) is 18.8. The lowest BCUT2D eigenvalue weighted by Gasteiger charge is -2.11. The van der Waals surface area contributed by atoms with Crippen LogP contribution in [0.5, 0.6) is 0 Å². The van der Waals surface area contributed by atoms with E-state index in [1.807, 2.05) is 45.0 Å². The molecule has 0 saturated carbocycles. The summed E-state index contributed by atoms with van der Waals surface area (Å²) < 4.78 is 5.38. The molecule has 1 N–H and O–H groups in total. The molecule has 2 heterocycles. The highest BCUT2D eigenvalue weighted by atomic mass is 32.1. The lowest BCUT2D eigenvalue weighted by Crippen LogP contribution is -2.16. The molecule has 0 aliphatic carbocycles. The number of hydrogen-bond acceptors (Lipinski definition) is 5. The van der Waals surface area contributed by atoms with Gasteiger partial charge in [-0.25, -0.2) is 9.78 Å². The first-order chi connectivity index (χ1) is 12.3. The van der Waals surface area contributed by atoms with Crippen molar-refractivity contribution >= 4 is 33.6 Å². The second-order valence-corrected chi connectivity index (χ2v) is 7.44. The Balaban J connectivity index is 1.77. The summed E-state index contributed by atoms with van der Waals surface area (Å²) in [4.78, 5) is 33.3. The summed E-state index contributed by atoms with van der Waals surface area (Å²) in [5, 5.41) is 0.606. The molecule has 5 nitrogen and oxygen atoms in total. The largest absolute Gasteiger partial charge is 0.451 e. The minimum Gasteiger partial charge on any atom is -0.451 e. The fourth-order valence-corrected chi connectivity index (χ4v) is 3.71. The van der Waals surface area contributed by atoms with Gasteiger partial charge in [-0.15, -0.1) is 11.3 Å². The van der Waals surface area contributed by atoms with E-state index in [2.05, 4.69) is 9.97 Å². The number of hydrogen-bond donors (Lipinski definition) is 1. The second-order valence-electron chi connectivity index (χ2n) is 6.24. The first kappa shape index (κ1) is 18.1. The van der Waals surface area contributed by atoms with Crippen LogP contribution in [0.15, 0.2) is 35.1 Å². The van der Waals surface area contributed by atoms with Crippen molar-refractivity contribution in [1.82, 2.24) is 9.97 Å². The van der Waals surface area contributed by atoms with Gasteiger partial charge < -0.3 is 9.72 Å². The van der Waals surface area contributed by atoms with E-state index in [4.69, 9.17) is 4.74 Å². The van der Waals surface area contributed by atoms with Gasteiger partial charge >= 0.3 is 5.97 Å². The Morgan fingerprint density at radius 3 is 2.81 bits per heavy atom. The van der Waals surface area contributed by atoms with Gasteiger partial charge in [0.15, 0.2) is 11.9 Å². The van der Waals surface area contributed by atoms with E-state index in [-0.39, 0.29) is 5.56 Å². The zero-order valence-corrected chi connectivity index (χ0v) is 15.9. The molecule has 2 aromatic heterocycles. The molecule has 0 aliphatic heterocycles. The van der Waals surface area contributed by atoms with Crippen LogP contribution in [0.3, 0.4) is 0 Å². The van der Waals surface area contributed by atoms with Gasteiger partial charge in [-0.3, -0.25) is 4.79 Å². The molecule has 0 saturated heterocycles. The number of nitrogens with one attached hydrogen (secondary N) is 1. The highest BCUT2D eigenvalue weighted by Crippen LogP contribution is 2.26. The summed E-state index contributed by atoms with van der Waals surface area (Å²) in [5.41, 5.74) is 2.78. The lowest BCUT2D eigenvalue weighted by molar-refractivity contribution is -0.142. The molecule has 3 aromatic rings. The minimum absolute atomic E-state index is 0.204. The maximum Gasteiger partial charge on any atom is 0.331 e. The second kappa shape index (κ2) is 7.25. The van der Waals surface area contributed by atoms with Gasteiger partial charge in [0.1, 0.15) is 4.83 Å². The van der Waals surface area contributed by atoms with Crippen LogP contribution >= 0.6 is 11.3 Å². The Bertz CT molecular complexity index is 1060. The molecule has 1 aromatic carbocycles. The summed E-state index contributed by atoms with van der Waals surface area (Å²) >= 11 is 1.47. The van der Waals surface area contributed by atoms with Gasteiger partial charge in [-0.05, 0) is 44.9 Å². The predicted molar refractivity (Wildman–Crippen MR) is 104 cm³/mol. The van der Waals surface area contributed by atoms with Crippen LogP contribution in [0.2, 0.25) is 0 Å². The summed E-state index contributed by atoms with van der Waals surface area (Å²) in [6.45, 7) is 7.55. The number of ether oxygens (including phenoxy) is 1. The Hall–Kier alpha value is -2.73. The van der Waals surface area contributed by atoms with E-state index in [1.165, 1.54) is 17.4 Å². The van der Waals surface area contributed by atoms with E-state index in [0.29, 0.717) is 16.0 Å². The van der Waals surface area contributed by atoms with Crippen LogP contribution in [0.4, 0.5) is 0 Å². The average molecular weight is 368 g/mol. The van der Waals surface area contributed by atoms with Crippen LogP contribution in [0, 0.1) is 20.8 Å². The Labute approximate surface area is 155 Å². The summed E-state index contributed by atoms with van der Waals surface area (Å²) in [6, 6.07) is 7.80. The summed E-state index contributed by atoms with van der Waals surface area (Å²) in [7, 11) is 0. The van der Waals surface area contributed by atoms with Crippen LogP contribution in [0.25, 0.3) is 16.3 Å². The highest BCUT2D eigenvalue weighted by Gasteiger charge is 2.17. The third kappa shape index (κ3) is 3.75. The lowest BCUT2D eigenvalue weighted by atomic mass is 10.1. The van der Waals surface area contributed by atoms with Gasteiger partial charge in [0, 0.05) is 11.0 Å². The molecule has 0 unspecified atom stereocenters. The molecule has 1 atom stereocenters. The molecule has 0 aliphatic rings. The van der Waals surface area contributed by atoms with E-state index in [9.17, 15) is 9.59 Å². The SMILES string of the molecule is Cc1cccc(/C=C/C(=O)O[C@H](C)c2nc3sc(C)c(C)c3c(=O)[nH]2)c1. The van der Waals surface area contributed by atoms with Gasteiger partial charge in [-0.1, -0.05) is 29.8 Å². The monoisotopic (exact) mass is 368 g/mol. The maximum atomic E-state index is 12.3. The molecular weight excluding hydrogens is 348 g/mol. The number of carbonyl (C=O) groups excluding carboxylic acids is 1. The molecule has 0 radical (unpaired) electrons. The van der Waals surface area contributed by atoms with Crippen molar-refractivity contribution in [2.75, 3.05) is 0 Å². The summed E-state index contributed by atoms with van der Waals surface area (Å²) in [5.74, 6) is -0.138. The van der Waals surface area contributed by atoms with Crippen LogP contribution in [-0.2, 0) is 9.53 Å². The van der Waals surface area contributed by atoms with Crippen molar-refractivity contribution in [3.05, 3.63) is 68.1 Å². The number of aromatic nitrogens is 2. The summed E-state index contributed by atoms with van der Waals surface area (Å²) in [6.07, 6.45) is 2.43. The quantitative estimate of drug-likeness (QED) is 0.553. The number of esters is 1. The van der Waals surface area contributed by atoms with Crippen molar-refractivity contribution in [3.63, 3.8) is 0 Å². The number of thiophene rings is 1. The van der Waals surface area contributed by atoms with Crippen LogP contribution < -0.4 is 5.56 Å². The number of aryl methyl sites for hydroxylation is 3. The van der Waals surface area contributed by atoms with Crippen molar-refractivity contribution in [3.8, 4) is 0 Å². The van der Waals surface area contributed by atoms with Crippen molar-refractivity contribution in [2.45, 2.75) is 33.8 Å². The van der Waals surface area contributed by atoms with Crippen molar-refractivity contribution < 1.29 is 9.53 Å². The average Bonchev–Trinajstić information content (AvgIpc) is 2.87. The number of rotatable bonds is 4. The molecule has 0 spiro atoms. The van der Waals surface area contributed by atoms with E-state index < -0.39 is 12.1 Å². The molecule has 134 valence electrons. The molecule has 0 amide bonds. The Morgan fingerprint density at radius 2 is 2.08 bits per heavy atom. The topological polar surface area (TPSA) is 72.0 Å². The van der Waals surface area contributed by atoms with Crippen LogP contribution in [-0.4, -0.2) is 15.9 Å². The van der Waals surface area contributed by atoms with Crippen molar-refractivity contribution in [1.29, 1.82) is 0 Å². The van der Waals surface area contributed by atoms with E-state index in [1.54, 1.807) is 13.0 Å². The minimum atomic E-state index is -0.649. The molecule has 26 heavy (non-hydrogen) atoms. The predicted octanol–water partition coefficient (Wildman–Crippen LogP) is 4.23. The maximum absolute atomic E-state index is 12.3. The number of fused-ring (bicyclic) bond motifs is 1. The van der Waals surface area contributed by atoms with Crippen molar-refractivity contribution in [2.24, 2.45) is 0 Å². The number of aromatic amines is 1. The van der Waals surface area contributed by atoms with E-state index >= 15 is 0 Å². The fourth-order valence-electron chi connectivity index (χ4n) is 2.67. The number of carbonyl (C=O) groups is 1. The van der Waals surface area contributed by atoms with E-state index in [0.717, 1.165) is 21.6 Å². The molecule has 6 heteroatoms. The molecule has 0 bridgehead atoms. The van der Waals surface area contributed by atoms with Gasteiger partial charge in [0.2, 0.25) is 0 Å². The molecule has 0 fully saturated rings. The Kier molecular flexibility index (Phi) is 5.04. The standard InChI is InChI=1S/C20H20N2O3S/c1-11-6-5-7-15(10-11)8-9-16(23)25-13(3)18-21-19(24)17-12(2)14(4)26-20(17)22-18/h5-10,13H,1-4H3,(H,21,22,24)/b9-8+/t13-/m1/s1. The first-order valence-electron chi connectivity index (χ1n) is 8.30. The van der Waals surface area contributed by atoms with Gasteiger partial charge in [0.05, 0.1) is 5.39 Å². The van der Waals surface area contributed by atoms with Crippen LogP contribution in [0.1, 0.15) is 40.4 Å². The first-order valence-corrected chi connectivity index (χ1v) is 9.12. The third-order valence-electron chi connectivity index (χ3n) is 4.19. The smallest absolute Gasteiger partial charge is 0.331 e. The highest BCUT2D eigenvalue weighted by molar-refractivity contribution is 7.18. The number of benzene rings is 1. The molecular formula is C20H20N2O3S. The molecule has 3 rings (SSSR count). The normalized spacial score (nSPS) is 12.6. The number of H-pyrrole nitrogens is 1. The number of nitrogens with zero attached hydrogens (tertiary/aromatic N) is 1. The zero-order valence-electron chi connectivity index (χ0n) is 15.1.